The number of amidine groups is 1. The molecule has 1 aromatic heterocycles. The average Bonchev–Trinajstić information content (AvgIpc) is 2.91. The minimum absolute atomic E-state index is 0.166. The fraction of sp³-hybridized carbons (Fsp3) is 0. The number of carbonyl (C=O) groups is 1. The molecule has 2 rings (SSSR count). The number of anilines is 1. The normalized spacial score (nSPS) is 11.0. The van der Waals surface area contributed by atoms with E-state index in [1.165, 1.54) is 11.3 Å². The van der Waals surface area contributed by atoms with Crippen LogP contribution in [0, 0.1) is 0 Å². The maximum atomic E-state index is 11.4. The topological polar surface area (TPSA) is 76.7 Å². The smallest absolute Gasteiger partial charge is 0.380 e. The Balaban J connectivity index is 1.91. The Morgan fingerprint density at radius 1 is 1.28 bits per heavy atom. The number of hydrogen-bond donors (Lipinski definition) is 2. The Kier molecular flexibility index (Phi) is 3.93. The number of carbonyl (C=O) groups excluding carboxylic acids is 1. The first-order valence-electron chi connectivity index (χ1n) is 5.15. The summed E-state index contributed by atoms with van der Waals surface area (Å²) in [5.41, 5.74) is 6.99. The van der Waals surface area contributed by atoms with Gasteiger partial charge in [-0.15, -0.1) is 0 Å². The average molecular weight is 261 g/mol. The number of para-hydroxylation sites is 1. The molecule has 0 atom stereocenters. The van der Waals surface area contributed by atoms with Crippen molar-refractivity contribution in [2.45, 2.75) is 0 Å². The van der Waals surface area contributed by atoms with E-state index in [0.29, 0.717) is 5.69 Å². The third kappa shape index (κ3) is 3.33. The quantitative estimate of drug-likeness (QED) is 0.386. The largest absolute Gasteiger partial charge is 0.437 e. The fourth-order valence-corrected chi connectivity index (χ4v) is 1.87. The molecule has 0 aliphatic heterocycles. The molecule has 0 spiro atoms. The molecule has 0 radical (unpaired) electrons. The molecule has 3 N–H and O–H groups in total. The lowest BCUT2D eigenvalue weighted by molar-refractivity contribution is 0.166. The number of hydrogen-bond acceptors (Lipinski definition) is 4. The molecule has 1 aromatic carbocycles. The molecule has 1 amide bonds. The molecule has 0 saturated carbocycles. The molecule has 0 fully saturated rings. The second-order valence-corrected chi connectivity index (χ2v) is 4.14. The van der Waals surface area contributed by atoms with E-state index >= 15 is 0 Å². The third-order valence-electron chi connectivity index (χ3n) is 2.06. The molecular formula is C12H11N3O2S. The van der Waals surface area contributed by atoms with Crippen LogP contribution in [0.15, 0.2) is 52.3 Å². The summed E-state index contributed by atoms with van der Waals surface area (Å²) < 4.78 is 0. The SMILES string of the molecule is N/C(=N/OC(=O)Nc1ccccc1)c1ccsc1. The molecule has 0 aliphatic rings. The van der Waals surface area contributed by atoms with Gasteiger partial charge in [0.15, 0.2) is 5.84 Å². The summed E-state index contributed by atoms with van der Waals surface area (Å²) in [5, 5.41) is 9.75. The van der Waals surface area contributed by atoms with Crippen molar-refractivity contribution in [3.63, 3.8) is 0 Å². The minimum Gasteiger partial charge on any atom is -0.380 e. The Bertz CT molecular complexity index is 538. The van der Waals surface area contributed by atoms with Crippen molar-refractivity contribution in [1.29, 1.82) is 0 Å². The van der Waals surface area contributed by atoms with Gasteiger partial charge in [0.1, 0.15) is 0 Å². The maximum Gasteiger partial charge on any atom is 0.437 e. The monoisotopic (exact) mass is 261 g/mol. The molecule has 0 unspecified atom stereocenters. The van der Waals surface area contributed by atoms with Crippen LogP contribution in [0.2, 0.25) is 0 Å². The number of nitrogens with zero attached hydrogens (tertiary/aromatic N) is 1. The minimum atomic E-state index is -0.681. The van der Waals surface area contributed by atoms with Crippen LogP contribution in [0.3, 0.4) is 0 Å². The van der Waals surface area contributed by atoms with Gasteiger partial charge < -0.3 is 5.73 Å². The van der Waals surface area contributed by atoms with E-state index in [9.17, 15) is 4.79 Å². The predicted octanol–water partition coefficient (Wildman–Crippen LogP) is 2.62. The molecule has 2 aromatic rings. The van der Waals surface area contributed by atoms with Crippen molar-refractivity contribution in [3.05, 3.63) is 52.7 Å². The number of benzene rings is 1. The highest BCUT2D eigenvalue weighted by Crippen LogP contribution is 2.07. The molecule has 6 heteroatoms. The van der Waals surface area contributed by atoms with Crippen LogP contribution in [0.1, 0.15) is 5.56 Å². The second-order valence-electron chi connectivity index (χ2n) is 3.36. The fourth-order valence-electron chi connectivity index (χ4n) is 1.22. The molecule has 0 bridgehead atoms. The van der Waals surface area contributed by atoms with Gasteiger partial charge in [-0.3, -0.25) is 10.2 Å². The zero-order valence-electron chi connectivity index (χ0n) is 9.37. The van der Waals surface area contributed by atoms with E-state index in [4.69, 9.17) is 5.73 Å². The van der Waals surface area contributed by atoms with E-state index in [1.54, 1.807) is 30.3 Å². The lowest BCUT2D eigenvalue weighted by Crippen LogP contribution is -2.16. The van der Waals surface area contributed by atoms with Crippen LogP contribution in [-0.2, 0) is 4.84 Å². The highest BCUT2D eigenvalue weighted by Gasteiger charge is 2.04. The standard InChI is InChI=1S/C12H11N3O2S/c13-11(9-6-7-18-8-9)15-17-12(16)14-10-4-2-1-3-5-10/h1-8H,(H2,13,15)(H,14,16). The van der Waals surface area contributed by atoms with Crippen molar-refractivity contribution in [1.82, 2.24) is 0 Å². The van der Waals surface area contributed by atoms with Crippen molar-refractivity contribution in [2.24, 2.45) is 10.9 Å². The Morgan fingerprint density at radius 2 is 2.06 bits per heavy atom. The number of nitrogens with two attached hydrogens (primary N) is 1. The van der Waals surface area contributed by atoms with Gasteiger partial charge in [-0.2, -0.15) is 11.3 Å². The van der Waals surface area contributed by atoms with Gasteiger partial charge in [-0.25, -0.2) is 4.79 Å². The van der Waals surface area contributed by atoms with Crippen LogP contribution >= 0.6 is 11.3 Å². The van der Waals surface area contributed by atoms with Crippen molar-refractivity contribution >= 4 is 29.0 Å². The first-order chi connectivity index (χ1) is 8.75. The highest BCUT2D eigenvalue weighted by atomic mass is 32.1. The van der Waals surface area contributed by atoms with Gasteiger partial charge in [0.25, 0.3) is 0 Å². The predicted molar refractivity (Wildman–Crippen MR) is 71.6 cm³/mol. The number of thiophene rings is 1. The summed E-state index contributed by atoms with van der Waals surface area (Å²) >= 11 is 1.49. The van der Waals surface area contributed by atoms with Gasteiger partial charge in [-0.1, -0.05) is 23.4 Å². The van der Waals surface area contributed by atoms with E-state index < -0.39 is 6.09 Å². The van der Waals surface area contributed by atoms with Gasteiger partial charge >= 0.3 is 6.09 Å². The number of oxime groups is 1. The lowest BCUT2D eigenvalue weighted by atomic mass is 10.3. The molecular weight excluding hydrogens is 250 g/mol. The molecule has 0 aliphatic carbocycles. The summed E-state index contributed by atoms with van der Waals surface area (Å²) in [6, 6.07) is 10.7. The summed E-state index contributed by atoms with van der Waals surface area (Å²) in [6.45, 7) is 0. The van der Waals surface area contributed by atoms with Crippen molar-refractivity contribution < 1.29 is 9.63 Å². The van der Waals surface area contributed by atoms with Gasteiger partial charge in [0, 0.05) is 16.6 Å². The van der Waals surface area contributed by atoms with E-state index in [2.05, 4.69) is 15.3 Å². The highest BCUT2D eigenvalue weighted by molar-refractivity contribution is 7.08. The molecule has 5 nitrogen and oxygen atoms in total. The maximum absolute atomic E-state index is 11.4. The summed E-state index contributed by atoms with van der Waals surface area (Å²) in [7, 11) is 0. The molecule has 92 valence electrons. The molecule has 0 saturated heterocycles. The van der Waals surface area contributed by atoms with Crippen molar-refractivity contribution in [2.75, 3.05) is 5.32 Å². The van der Waals surface area contributed by atoms with E-state index in [0.717, 1.165) is 5.56 Å². The summed E-state index contributed by atoms with van der Waals surface area (Å²) in [5.74, 6) is 0.166. The number of amides is 1. The summed E-state index contributed by atoms with van der Waals surface area (Å²) in [4.78, 5) is 16.0. The van der Waals surface area contributed by atoms with Crippen LogP contribution in [0.5, 0.6) is 0 Å². The number of rotatable bonds is 3. The second kappa shape index (κ2) is 5.83. The zero-order valence-corrected chi connectivity index (χ0v) is 10.2. The van der Waals surface area contributed by atoms with Crippen LogP contribution in [-0.4, -0.2) is 11.9 Å². The van der Waals surface area contributed by atoms with Crippen molar-refractivity contribution in [3.8, 4) is 0 Å². The van der Waals surface area contributed by atoms with Crippen LogP contribution < -0.4 is 11.1 Å². The lowest BCUT2D eigenvalue weighted by Gasteiger charge is -2.02. The van der Waals surface area contributed by atoms with Gasteiger partial charge in [0.05, 0.1) is 0 Å². The van der Waals surface area contributed by atoms with E-state index in [-0.39, 0.29) is 5.84 Å². The Morgan fingerprint density at radius 3 is 2.72 bits per heavy atom. The summed E-state index contributed by atoms with van der Waals surface area (Å²) in [6.07, 6.45) is -0.681. The van der Waals surface area contributed by atoms with Gasteiger partial charge in [0.2, 0.25) is 0 Å². The number of nitrogens with one attached hydrogen (secondary N) is 1. The Labute approximate surface area is 108 Å². The molecule has 18 heavy (non-hydrogen) atoms. The third-order valence-corrected chi connectivity index (χ3v) is 2.75. The Hall–Kier alpha value is -2.34. The first kappa shape index (κ1) is 12.1. The van der Waals surface area contributed by atoms with Gasteiger partial charge in [-0.05, 0) is 23.6 Å². The van der Waals surface area contributed by atoms with Crippen LogP contribution in [0.4, 0.5) is 10.5 Å². The van der Waals surface area contributed by atoms with E-state index in [1.807, 2.05) is 16.8 Å². The zero-order chi connectivity index (χ0) is 12.8. The van der Waals surface area contributed by atoms with Crippen LogP contribution in [0.25, 0.3) is 0 Å². The first-order valence-corrected chi connectivity index (χ1v) is 6.09. The molecule has 1 heterocycles.